The van der Waals surface area contributed by atoms with Crippen molar-refractivity contribution in [3.05, 3.63) is 0 Å². The number of rotatable bonds is 7. The molecule has 5 nitrogen and oxygen atoms in total. The van der Waals surface area contributed by atoms with Crippen molar-refractivity contribution in [2.45, 2.75) is 103 Å². The van der Waals surface area contributed by atoms with Gasteiger partial charge in [-0.05, 0) is 75.6 Å². The molecule has 0 amide bonds. The summed E-state index contributed by atoms with van der Waals surface area (Å²) in [5.74, 6) is 1.53. The molecule has 0 saturated heterocycles. The van der Waals surface area contributed by atoms with Gasteiger partial charge in [0.1, 0.15) is 16.3 Å². The highest BCUT2D eigenvalue weighted by molar-refractivity contribution is 7.98. The van der Waals surface area contributed by atoms with Crippen molar-refractivity contribution in [1.29, 1.82) is 0 Å². The summed E-state index contributed by atoms with van der Waals surface area (Å²) in [7, 11) is -4.04. The minimum Gasteiger partial charge on any atom is -0.748 e. The second-order valence-corrected chi connectivity index (χ2v) is 15.4. The molecule has 0 N–H and O–H groups in total. The first-order valence-electron chi connectivity index (χ1n) is 11.9. The number of hydrogen-bond acceptors (Lipinski definition) is 5. The third kappa shape index (κ3) is 6.14. The van der Waals surface area contributed by atoms with Crippen molar-refractivity contribution in [3.63, 3.8) is 0 Å². The summed E-state index contributed by atoms with van der Waals surface area (Å²) in [6.45, 7) is 12.9. The van der Waals surface area contributed by atoms with Gasteiger partial charge < -0.3 is 4.55 Å². The van der Waals surface area contributed by atoms with Crippen molar-refractivity contribution >= 4 is 32.6 Å². The lowest BCUT2D eigenvalue weighted by molar-refractivity contribution is -0.128. The summed E-state index contributed by atoms with van der Waals surface area (Å²) in [6, 6.07) is 0. The van der Waals surface area contributed by atoms with Crippen LogP contribution in [0.25, 0.3) is 0 Å². The van der Waals surface area contributed by atoms with Gasteiger partial charge in [0.2, 0.25) is 0 Å². The monoisotopic (exact) mass is 474 g/mol. The van der Waals surface area contributed by atoms with Gasteiger partial charge in [-0.25, -0.2) is 8.42 Å². The summed E-state index contributed by atoms with van der Waals surface area (Å²) in [5.41, 5.74) is -1.22. The van der Waals surface area contributed by atoms with Crippen LogP contribution in [0.4, 0.5) is 0 Å². The average Bonchev–Trinajstić information content (AvgIpc) is 2.99. The normalized spacial score (nSPS) is 28.3. The van der Waals surface area contributed by atoms with E-state index in [1.54, 1.807) is 0 Å². The Bertz CT molecular complexity index is 742. The number of fused-ring (bicyclic) bond motifs is 2. The van der Waals surface area contributed by atoms with Gasteiger partial charge in [-0.1, -0.05) is 33.1 Å². The van der Waals surface area contributed by atoms with Crippen LogP contribution in [-0.4, -0.2) is 46.5 Å². The summed E-state index contributed by atoms with van der Waals surface area (Å²) < 4.78 is 32.7. The predicted molar refractivity (Wildman–Crippen MR) is 127 cm³/mol. The van der Waals surface area contributed by atoms with Crippen LogP contribution in [0, 0.1) is 22.7 Å². The zero-order valence-electron chi connectivity index (χ0n) is 20.2. The standard InChI is InChI=1S/C14H27OS.C10H16O4S/c1-11(2)16(12(3)4)10-14(15)13-8-6-5-7-9-13;1-9(2)7-3-4-10(9,8(11)5-7)6-15(12,13)14/h11-13H,5-10H2,1-4H3;7H,3-6H2,1-2H3,(H,12,13,14)/q+1;/p-1. The van der Waals surface area contributed by atoms with Crippen molar-refractivity contribution in [2.24, 2.45) is 22.7 Å². The van der Waals surface area contributed by atoms with Crippen LogP contribution in [0.15, 0.2) is 0 Å². The Balaban J connectivity index is 0.000000220. The fourth-order valence-corrected chi connectivity index (χ4v) is 9.59. The molecule has 3 fully saturated rings. The lowest BCUT2D eigenvalue weighted by atomic mass is 9.70. The lowest BCUT2D eigenvalue weighted by Gasteiger charge is -2.37. The Kier molecular flexibility index (Phi) is 8.88. The average molecular weight is 475 g/mol. The Morgan fingerprint density at radius 1 is 1.06 bits per heavy atom. The summed E-state index contributed by atoms with van der Waals surface area (Å²) in [4.78, 5) is 24.1. The first kappa shape index (κ1) is 26.8. The van der Waals surface area contributed by atoms with E-state index in [2.05, 4.69) is 27.7 Å². The topological polar surface area (TPSA) is 91.3 Å². The molecule has 3 saturated carbocycles. The van der Waals surface area contributed by atoms with E-state index in [4.69, 9.17) is 0 Å². The third-order valence-corrected chi connectivity index (χ3v) is 12.0. The van der Waals surface area contributed by atoms with Crippen LogP contribution in [0.2, 0.25) is 0 Å². The molecule has 3 rings (SSSR count). The van der Waals surface area contributed by atoms with Gasteiger partial charge in [0.05, 0.1) is 15.9 Å². The van der Waals surface area contributed by atoms with E-state index in [-0.39, 0.29) is 17.1 Å². The molecule has 0 aromatic heterocycles. The molecule has 2 bridgehead atoms. The van der Waals surface area contributed by atoms with Crippen molar-refractivity contribution in [2.75, 3.05) is 11.5 Å². The van der Waals surface area contributed by atoms with E-state index in [9.17, 15) is 22.6 Å². The van der Waals surface area contributed by atoms with Crippen LogP contribution < -0.4 is 0 Å². The van der Waals surface area contributed by atoms with Gasteiger partial charge in [-0.2, -0.15) is 0 Å². The van der Waals surface area contributed by atoms with Crippen LogP contribution in [0.3, 0.4) is 0 Å². The zero-order valence-corrected chi connectivity index (χ0v) is 21.9. The fourth-order valence-electron chi connectivity index (χ4n) is 5.99. The molecule has 2 unspecified atom stereocenters. The number of Topliss-reactive ketones (excluding diaryl/α,β-unsaturated/α-hetero) is 2. The van der Waals surface area contributed by atoms with Crippen molar-refractivity contribution < 1.29 is 22.6 Å². The highest BCUT2D eigenvalue weighted by Crippen LogP contribution is 2.64. The Morgan fingerprint density at radius 3 is 2.00 bits per heavy atom. The van der Waals surface area contributed by atoms with Crippen LogP contribution >= 0.6 is 0 Å². The number of ketones is 2. The molecule has 0 spiro atoms. The van der Waals surface area contributed by atoms with Gasteiger partial charge in [0.25, 0.3) is 0 Å². The fraction of sp³-hybridized carbons (Fsp3) is 0.917. The Morgan fingerprint density at radius 2 is 1.61 bits per heavy atom. The summed E-state index contributed by atoms with van der Waals surface area (Å²) >= 11 is 0. The lowest BCUT2D eigenvalue weighted by Crippen LogP contribution is -2.42. The van der Waals surface area contributed by atoms with E-state index in [1.165, 1.54) is 19.3 Å². The van der Waals surface area contributed by atoms with Crippen LogP contribution in [0.1, 0.15) is 92.9 Å². The number of carbonyl (C=O) groups excluding carboxylic acids is 2. The molecule has 180 valence electrons. The van der Waals surface area contributed by atoms with E-state index in [0.29, 0.717) is 45.9 Å². The molecular formula is C24H42O5S2. The van der Waals surface area contributed by atoms with Crippen molar-refractivity contribution in [1.82, 2.24) is 0 Å². The molecule has 0 radical (unpaired) electrons. The second kappa shape index (κ2) is 10.3. The molecule has 3 aliphatic carbocycles. The van der Waals surface area contributed by atoms with E-state index in [0.717, 1.165) is 25.0 Å². The van der Waals surface area contributed by atoms with Crippen LogP contribution in [0.5, 0.6) is 0 Å². The predicted octanol–water partition coefficient (Wildman–Crippen LogP) is 4.50. The number of carbonyl (C=O) groups is 2. The molecule has 0 aromatic carbocycles. The molecule has 0 heterocycles. The minimum absolute atomic E-state index is 0.0248. The van der Waals surface area contributed by atoms with E-state index >= 15 is 0 Å². The maximum absolute atomic E-state index is 12.2. The zero-order chi connectivity index (χ0) is 23.6. The third-order valence-electron chi connectivity index (χ3n) is 8.14. The summed E-state index contributed by atoms with van der Waals surface area (Å²) in [6.07, 6.45) is 8.07. The highest BCUT2D eigenvalue weighted by atomic mass is 32.2. The molecule has 0 aromatic rings. The summed E-state index contributed by atoms with van der Waals surface area (Å²) in [5, 5.41) is 1.32. The molecule has 7 heteroatoms. The Labute approximate surface area is 192 Å². The van der Waals surface area contributed by atoms with E-state index < -0.39 is 21.3 Å². The first-order chi connectivity index (χ1) is 14.2. The highest BCUT2D eigenvalue weighted by Gasteiger charge is 2.64. The quantitative estimate of drug-likeness (QED) is 0.400. The van der Waals surface area contributed by atoms with Gasteiger partial charge in [-0.15, -0.1) is 0 Å². The Hall–Kier alpha value is -0.400. The second-order valence-electron chi connectivity index (χ2n) is 10.9. The molecule has 3 aliphatic rings. The first-order valence-corrected chi connectivity index (χ1v) is 15.0. The largest absolute Gasteiger partial charge is 0.748 e. The van der Waals surface area contributed by atoms with Gasteiger partial charge >= 0.3 is 0 Å². The molecule has 0 aliphatic heterocycles. The van der Waals surface area contributed by atoms with E-state index in [1.807, 2.05) is 13.8 Å². The maximum atomic E-state index is 12.2. The van der Waals surface area contributed by atoms with Gasteiger partial charge in [0, 0.05) is 17.8 Å². The van der Waals surface area contributed by atoms with Crippen LogP contribution in [-0.2, 0) is 30.6 Å². The molecule has 31 heavy (non-hydrogen) atoms. The van der Waals surface area contributed by atoms with Crippen molar-refractivity contribution in [3.8, 4) is 0 Å². The minimum atomic E-state index is -4.33. The molecule has 2 atom stereocenters. The SMILES string of the molecule is CC(C)[S+](CC(=O)C1CCCCC1)C(C)C.CC1(C)C2CCC1(CS(=O)(=O)[O-])C(=O)C2. The maximum Gasteiger partial charge on any atom is 0.184 e. The molecular weight excluding hydrogens is 432 g/mol. The number of hydrogen-bond donors (Lipinski definition) is 0. The van der Waals surface area contributed by atoms with Gasteiger partial charge in [-0.3, -0.25) is 9.59 Å². The smallest absolute Gasteiger partial charge is 0.184 e. The van der Waals surface area contributed by atoms with Gasteiger partial charge in [0.15, 0.2) is 11.5 Å².